The van der Waals surface area contributed by atoms with Crippen LogP contribution >= 0.6 is 15.9 Å². The summed E-state index contributed by atoms with van der Waals surface area (Å²) in [5, 5.41) is 0. The lowest BCUT2D eigenvalue weighted by Gasteiger charge is -2.34. The van der Waals surface area contributed by atoms with Crippen molar-refractivity contribution in [1.82, 2.24) is 9.21 Å². The summed E-state index contributed by atoms with van der Waals surface area (Å²) in [7, 11) is -3.92. The number of halogens is 2. The molecule has 2 aromatic carbocycles. The second kappa shape index (κ2) is 8.37. The molecule has 1 amide bonds. The van der Waals surface area contributed by atoms with E-state index in [-0.39, 0.29) is 43.6 Å². The van der Waals surface area contributed by atoms with Crippen molar-refractivity contribution < 1.29 is 22.3 Å². The Morgan fingerprint density at radius 1 is 1.04 bits per heavy atom. The maximum absolute atomic E-state index is 13.8. The van der Waals surface area contributed by atoms with Crippen molar-refractivity contribution in [3.8, 4) is 5.75 Å². The van der Waals surface area contributed by atoms with Crippen molar-refractivity contribution in [3.63, 3.8) is 0 Å². The molecule has 0 aromatic heterocycles. The van der Waals surface area contributed by atoms with Gasteiger partial charge in [-0.2, -0.15) is 4.31 Å². The van der Waals surface area contributed by atoms with Crippen molar-refractivity contribution in [2.24, 2.45) is 0 Å². The van der Waals surface area contributed by atoms with E-state index in [1.807, 2.05) is 12.1 Å². The molecule has 1 heterocycles. The molecule has 0 spiro atoms. The van der Waals surface area contributed by atoms with Gasteiger partial charge in [-0.3, -0.25) is 4.79 Å². The van der Waals surface area contributed by atoms with Crippen molar-refractivity contribution in [3.05, 3.63) is 58.8 Å². The van der Waals surface area contributed by atoms with Crippen LogP contribution in [0.3, 0.4) is 0 Å². The molecule has 0 aliphatic carbocycles. The van der Waals surface area contributed by atoms with Crippen LogP contribution in [0, 0.1) is 5.82 Å². The lowest BCUT2D eigenvalue weighted by Crippen LogP contribution is -2.51. The molecule has 2 aromatic rings. The molecular formula is C18H18BrFN2O4S. The second-order valence-corrected chi connectivity index (χ2v) is 8.78. The number of piperazine rings is 1. The monoisotopic (exact) mass is 456 g/mol. The van der Waals surface area contributed by atoms with E-state index in [0.717, 1.165) is 10.5 Å². The van der Waals surface area contributed by atoms with Crippen LogP contribution in [0.2, 0.25) is 0 Å². The summed E-state index contributed by atoms with van der Waals surface area (Å²) in [4.78, 5) is 13.5. The molecule has 0 bridgehead atoms. The van der Waals surface area contributed by atoms with Crippen LogP contribution in [0.5, 0.6) is 5.75 Å². The molecule has 0 saturated carbocycles. The Morgan fingerprint density at radius 2 is 1.67 bits per heavy atom. The number of ether oxygens (including phenoxy) is 1. The van der Waals surface area contributed by atoms with E-state index in [1.54, 1.807) is 17.0 Å². The summed E-state index contributed by atoms with van der Waals surface area (Å²) < 4.78 is 46.6. The number of sulfonamides is 1. The average Bonchev–Trinajstić information content (AvgIpc) is 2.67. The average molecular weight is 457 g/mol. The molecule has 27 heavy (non-hydrogen) atoms. The van der Waals surface area contributed by atoms with E-state index in [2.05, 4.69) is 15.9 Å². The van der Waals surface area contributed by atoms with Crippen molar-refractivity contribution in [2.45, 2.75) is 4.90 Å². The van der Waals surface area contributed by atoms with Crippen LogP contribution < -0.4 is 4.74 Å². The summed E-state index contributed by atoms with van der Waals surface area (Å²) in [5.41, 5.74) is 0. The van der Waals surface area contributed by atoms with E-state index >= 15 is 0 Å². The molecule has 0 radical (unpaired) electrons. The van der Waals surface area contributed by atoms with Crippen LogP contribution in [0.4, 0.5) is 4.39 Å². The predicted octanol–water partition coefficient (Wildman–Crippen LogP) is 2.50. The predicted molar refractivity (Wildman–Crippen MR) is 101 cm³/mol. The number of rotatable bonds is 5. The SMILES string of the molecule is O=C(COc1ccc(Br)cc1)N1CCN(S(=O)(=O)c2ccccc2F)CC1. The maximum Gasteiger partial charge on any atom is 0.260 e. The third-order valence-corrected chi connectivity index (χ3v) is 6.68. The highest BCUT2D eigenvalue weighted by molar-refractivity contribution is 9.10. The molecule has 1 aliphatic rings. The van der Waals surface area contributed by atoms with Crippen LogP contribution in [-0.2, 0) is 14.8 Å². The number of nitrogens with zero attached hydrogens (tertiary/aromatic N) is 2. The summed E-state index contributed by atoms with van der Waals surface area (Å²) in [5.74, 6) is -0.424. The Labute approximate surface area is 165 Å². The minimum Gasteiger partial charge on any atom is -0.484 e. The summed E-state index contributed by atoms with van der Waals surface area (Å²) in [6.07, 6.45) is 0. The van der Waals surface area contributed by atoms with E-state index in [1.165, 1.54) is 22.5 Å². The van der Waals surface area contributed by atoms with Crippen molar-refractivity contribution >= 4 is 31.9 Å². The van der Waals surface area contributed by atoms with Gasteiger partial charge in [0, 0.05) is 30.7 Å². The number of hydrogen-bond acceptors (Lipinski definition) is 4. The van der Waals surface area contributed by atoms with Crippen molar-refractivity contribution in [2.75, 3.05) is 32.8 Å². The van der Waals surface area contributed by atoms with Gasteiger partial charge in [0.15, 0.2) is 6.61 Å². The van der Waals surface area contributed by atoms with Crippen LogP contribution in [0.15, 0.2) is 57.9 Å². The lowest BCUT2D eigenvalue weighted by atomic mass is 10.3. The van der Waals surface area contributed by atoms with Gasteiger partial charge in [-0.25, -0.2) is 12.8 Å². The van der Waals surface area contributed by atoms with E-state index in [9.17, 15) is 17.6 Å². The number of benzene rings is 2. The van der Waals surface area contributed by atoms with Gasteiger partial charge in [0.05, 0.1) is 0 Å². The van der Waals surface area contributed by atoms with Crippen LogP contribution in [-0.4, -0.2) is 56.3 Å². The molecule has 1 fully saturated rings. The largest absolute Gasteiger partial charge is 0.484 e. The third-order valence-electron chi connectivity index (χ3n) is 4.22. The van der Waals surface area contributed by atoms with Gasteiger partial charge in [-0.1, -0.05) is 28.1 Å². The second-order valence-electron chi connectivity index (χ2n) is 5.96. The van der Waals surface area contributed by atoms with Gasteiger partial charge in [0.1, 0.15) is 16.5 Å². The van der Waals surface area contributed by atoms with Crippen LogP contribution in [0.25, 0.3) is 0 Å². The minimum absolute atomic E-state index is 0.112. The Balaban J connectivity index is 1.56. The van der Waals surface area contributed by atoms with E-state index in [0.29, 0.717) is 5.75 Å². The number of hydrogen-bond donors (Lipinski definition) is 0. The zero-order chi connectivity index (χ0) is 19.4. The van der Waals surface area contributed by atoms with Gasteiger partial charge < -0.3 is 9.64 Å². The van der Waals surface area contributed by atoms with Gasteiger partial charge in [0.2, 0.25) is 10.0 Å². The Kier molecular flexibility index (Phi) is 6.13. The highest BCUT2D eigenvalue weighted by Crippen LogP contribution is 2.21. The van der Waals surface area contributed by atoms with Gasteiger partial charge >= 0.3 is 0 Å². The molecule has 3 rings (SSSR count). The first-order valence-electron chi connectivity index (χ1n) is 8.29. The van der Waals surface area contributed by atoms with Gasteiger partial charge in [-0.05, 0) is 36.4 Å². The fourth-order valence-electron chi connectivity index (χ4n) is 2.74. The fourth-order valence-corrected chi connectivity index (χ4v) is 4.49. The first-order valence-corrected chi connectivity index (χ1v) is 10.5. The molecular weight excluding hydrogens is 439 g/mol. The topological polar surface area (TPSA) is 66.9 Å². The molecule has 0 unspecified atom stereocenters. The normalized spacial score (nSPS) is 15.6. The van der Waals surface area contributed by atoms with Crippen molar-refractivity contribution in [1.29, 1.82) is 0 Å². The van der Waals surface area contributed by atoms with E-state index < -0.39 is 15.8 Å². The highest BCUT2D eigenvalue weighted by atomic mass is 79.9. The molecule has 1 saturated heterocycles. The maximum atomic E-state index is 13.8. The van der Waals surface area contributed by atoms with Crippen LogP contribution in [0.1, 0.15) is 0 Å². The molecule has 1 aliphatic heterocycles. The Bertz CT molecular complexity index is 913. The summed E-state index contributed by atoms with van der Waals surface area (Å²) in [6, 6.07) is 12.4. The Hall–Kier alpha value is -1.97. The molecule has 0 atom stereocenters. The zero-order valence-corrected chi connectivity index (χ0v) is 16.7. The first-order chi connectivity index (χ1) is 12.9. The first kappa shape index (κ1) is 19.8. The lowest BCUT2D eigenvalue weighted by molar-refractivity contribution is -0.134. The van der Waals surface area contributed by atoms with E-state index in [4.69, 9.17) is 4.74 Å². The molecule has 144 valence electrons. The zero-order valence-electron chi connectivity index (χ0n) is 14.3. The minimum atomic E-state index is -3.92. The molecule has 9 heteroatoms. The third kappa shape index (κ3) is 4.66. The van der Waals surface area contributed by atoms with Gasteiger partial charge in [-0.15, -0.1) is 0 Å². The highest BCUT2D eigenvalue weighted by Gasteiger charge is 2.31. The Morgan fingerprint density at radius 3 is 2.30 bits per heavy atom. The number of carbonyl (C=O) groups excluding carboxylic acids is 1. The van der Waals surface area contributed by atoms with Gasteiger partial charge in [0.25, 0.3) is 5.91 Å². The molecule has 0 N–H and O–H groups in total. The quantitative estimate of drug-likeness (QED) is 0.692. The number of carbonyl (C=O) groups is 1. The standard InChI is InChI=1S/C18H18BrFN2O4S/c19-14-5-7-15(8-6-14)26-13-18(23)21-9-11-22(12-10-21)27(24,25)17-4-2-1-3-16(17)20/h1-8H,9-13H2. The smallest absolute Gasteiger partial charge is 0.260 e. The summed E-state index contributed by atoms with van der Waals surface area (Å²) in [6.45, 7) is 0.565. The summed E-state index contributed by atoms with van der Waals surface area (Å²) >= 11 is 3.32. The fraction of sp³-hybridized carbons (Fsp3) is 0.278. The molecule has 6 nitrogen and oxygen atoms in total. The number of amides is 1.